The van der Waals surface area contributed by atoms with E-state index in [0.29, 0.717) is 0 Å². The van der Waals surface area contributed by atoms with Gasteiger partial charge in [-0.3, -0.25) is 4.98 Å². The molecule has 1 aliphatic heterocycles. The monoisotopic (exact) mass is 525 g/mol. The molecule has 0 unspecified atom stereocenters. The molecule has 0 N–H and O–H groups in total. The molecule has 0 saturated heterocycles. The van der Waals surface area contributed by atoms with Gasteiger partial charge in [-0.25, -0.2) is 0 Å². The second kappa shape index (κ2) is 7.96. The first-order chi connectivity index (χ1) is 20.1. The van der Waals surface area contributed by atoms with Gasteiger partial charge in [-0.2, -0.15) is 0 Å². The Labute approximate surface area is 237 Å². The number of rotatable bonds is 2. The number of hydrogen-bond donors (Lipinski definition) is 0. The molecule has 5 aromatic carbocycles. The van der Waals surface area contributed by atoms with Gasteiger partial charge in [0.25, 0.3) is 0 Å². The number of hydrogen-bond acceptors (Lipinski definition) is 1. The predicted octanol–water partition coefficient (Wildman–Crippen LogP) is 9.58. The summed E-state index contributed by atoms with van der Waals surface area (Å²) in [4.78, 5) is 4.95. The maximum atomic E-state index is 4.95. The van der Waals surface area contributed by atoms with Crippen molar-refractivity contribution in [3.63, 3.8) is 0 Å². The Kier molecular flexibility index (Phi) is 4.39. The summed E-state index contributed by atoms with van der Waals surface area (Å²) in [5.41, 5.74) is 11.9. The molecular weight excluding hydrogens is 498 g/mol. The van der Waals surface area contributed by atoms with Crippen LogP contribution in [0.5, 0.6) is 0 Å². The number of para-hydroxylation sites is 2. The lowest BCUT2D eigenvalue weighted by molar-refractivity contribution is 0.605. The Morgan fingerprint density at radius 2 is 1.22 bits per heavy atom. The minimum absolute atomic E-state index is 0.261. The molecule has 3 heteroatoms. The van der Waals surface area contributed by atoms with Crippen molar-refractivity contribution in [1.82, 2.24) is 14.1 Å². The molecule has 4 heterocycles. The second-order valence-electron chi connectivity index (χ2n) is 11.7. The number of aromatic nitrogens is 3. The van der Waals surface area contributed by atoms with E-state index in [1.807, 2.05) is 6.20 Å². The molecule has 0 aliphatic carbocycles. The van der Waals surface area contributed by atoms with Gasteiger partial charge in [0.1, 0.15) is 0 Å². The van der Waals surface area contributed by atoms with Crippen molar-refractivity contribution in [3.8, 4) is 22.5 Å². The van der Waals surface area contributed by atoms with E-state index >= 15 is 0 Å². The molecular formula is C38H27N3. The smallest absolute Gasteiger partial charge is 0.0744 e. The molecule has 41 heavy (non-hydrogen) atoms. The van der Waals surface area contributed by atoms with Crippen LogP contribution in [0.4, 0.5) is 0 Å². The number of fused-ring (bicyclic) bond motifs is 8. The van der Waals surface area contributed by atoms with Crippen molar-refractivity contribution in [2.24, 2.45) is 0 Å². The van der Waals surface area contributed by atoms with Crippen molar-refractivity contribution in [2.75, 3.05) is 0 Å². The van der Waals surface area contributed by atoms with Gasteiger partial charge in [-0.15, -0.1) is 0 Å². The summed E-state index contributed by atoms with van der Waals surface area (Å²) in [6.45, 7) is 4.63. The van der Waals surface area contributed by atoms with E-state index in [0.717, 1.165) is 5.69 Å². The van der Waals surface area contributed by atoms with Gasteiger partial charge in [0.15, 0.2) is 0 Å². The van der Waals surface area contributed by atoms with E-state index in [-0.39, 0.29) is 5.41 Å². The van der Waals surface area contributed by atoms with Crippen molar-refractivity contribution in [3.05, 3.63) is 139 Å². The van der Waals surface area contributed by atoms with E-state index in [2.05, 4.69) is 144 Å². The van der Waals surface area contributed by atoms with E-state index in [4.69, 9.17) is 4.98 Å². The fraction of sp³-hybridized carbons (Fsp3) is 0.0789. The summed E-state index contributed by atoms with van der Waals surface area (Å²) in [5, 5.41) is 5.08. The zero-order valence-corrected chi connectivity index (χ0v) is 23.0. The molecule has 0 amide bonds. The van der Waals surface area contributed by atoms with E-state index in [1.54, 1.807) is 0 Å². The van der Waals surface area contributed by atoms with Gasteiger partial charge in [-0.1, -0.05) is 78.9 Å². The average Bonchev–Trinajstić information content (AvgIpc) is 3.53. The quantitative estimate of drug-likeness (QED) is 0.220. The van der Waals surface area contributed by atoms with E-state index < -0.39 is 0 Å². The summed E-state index contributed by atoms with van der Waals surface area (Å²) >= 11 is 0. The zero-order chi connectivity index (χ0) is 27.3. The summed E-state index contributed by atoms with van der Waals surface area (Å²) in [5.74, 6) is 0. The SMILES string of the molecule is CC1(C)c2ncccc2-n2c3ccccc3c3cc(-n4c5ccccc5c5ccc(-c6ccccc6)cc54)cc1c32. The highest BCUT2D eigenvalue weighted by Gasteiger charge is 2.37. The molecule has 3 nitrogen and oxygen atoms in total. The highest BCUT2D eigenvalue weighted by molar-refractivity contribution is 6.14. The topological polar surface area (TPSA) is 22.8 Å². The third-order valence-electron chi connectivity index (χ3n) is 9.09. The standard InChI is InChI=1S/C38H27N3/c1-38(2)31-23-26(22-30-28-14-7-9-16-33(28)41(36(30)31)34-17-10-20-39-37(34)38)40-32-15-8-6-13-27(32)29-19-18-25(21-35(29)40)24-11-4-3-5-12-24/h3-23H,1-2H3. The largest absolute Gasteiger partial charge is 0.309 e. The first kappa shape index (κ1) is 22.6. The first-order valence-corrected chi connectivity index (χ1v) is 14.2. The van der Waals surface area contributed by atoms with Crippen LogP contribution in [0.15, 0.2) is 128 Å². The van der Waals surface area contributed by atoms with Crippen LogP contribution in [0.1, 0.15) is 25.1 Å². The minimum Gasteiger partial charge on any atom is -0.309 e. The molecule has 0 spiro atoms. The van der Waals surface area contributed by atoms with Crippen molar-refractivity contribution in [1.29, 1.82) is 0 Å². The third-order valence-corrected chi connectivity index (χ3v) is 9.09. The van der Waals surface area contributed by atoms with E-state index in [9.17, 15) is 0 Å². The normalized spacial score (nSPS) is 13.8. The van der Waals surface area contributed by atoms with Gasteiger partial charge >= 0.3 is 0 Å². The maximum absolute atomic E-state index is 4.95. The average molecular weight is 526 g/mol. The van der Waals surface area contributed by atoms with Crippen molar-refractivity contribution >= 4 is 43.6 Å². The Balaban J connectivity index is 1.44. The third kappa shape index (κ3) is 2.95. The molecule has 8 aromatic rings. The Bertz CT molecular complexity index is 2330. The second-order valence-corrected chi connectivity index (χ2v) is 11.7. The van der Waals surface area contributed by atoms with Crippen LogP contribution in [0.25, 0.3) is 66.1 Å². The number of benzene rings is 5. The van der Waals surface area contributed by atoms with Gasteiger partial charge in [-0.05, 0) is 73.0 Å². The predicted molar refractivity (Wildman–Crippen MR) is 170 cm³/mol. The molecule has 1 aliphatic rings. The molecule has 0 saturated carbocycles. The van der Waals surface area contributed by atoms with Crippen molar-refractivity contribution < 1.29 is 0 Å². The summed E-state index contributed by atoms with van der Waals surface area (Å²) < 4.78 is 4.89. The Morgan fingerprint density at radius 3 is 2.02 bits per heavy atom. The van der Waals surface area contributed by atoms with Crippen LogP contribution < -0.4 is 0 Å². The van der Waals surface area contributed by atoms with E-state index in [1.165, 1.54) is 71.7 Å². The molecule has 0 radical (unpaired) electrons. The van der Waals surface area contributed by atoms with Crippen LogP contribution in [-0.4, -0.2) is 14.1 Å². The molecule has 194 valence electrons. The maximum Gasteiger partial charge on any atom is 0.0744 e. The lowest BCUT2D eigenvalue weighted by atomic mass is 9.77. The van der Waals surface area contributed by atoms with Gasteiger partial charge in [0, 0.05) is 38.8 Å². The molecule has 0 bridgehead atoms. The fourth-order valence-electron chi connectivity index (χ4n) is 7.18. The Hall–Kier alpha value is -5.15. The highest BCUT2D eigenvalue weighted by Crippen LogP contribution is 2.48. The molecule has 9 rings (SSSR count). The van der Waals surface area contributed by atoms with Gasteiger partial charge in [0.2, 0.25) is 0 Å². The van der Waals surface area contributed by atoms with Crippen LogP contribution in [-0.2, 0) is 5.41 Å². The molecule has 0 atom stereocenters. The highest BCUT2D eigenvalue weighted by atomic mass is 15.0. The molecule has 3 aromatic heterocycles. The minimum atomic E-state index is -0.261. The summed E-state index contributed by atoms with van der Waals surface area (Å²) in [6.07, 6.45) is 1.93. The van der Waals surface area contributed by atoms with Crippen LogP contribution >= 0.6 is 0 Å². The summed E-state index contributed by atoms with van der Waals surface area (Å²) in [6, 6.07) is 44.2. The Morgan fingerprint density at radius 1 is 0.537 bits per heavy atom. The summed E-state index contributed by atoms with van der Waals surface area (Å²) in [7, 11) is 0. The fourth-order valence-corrected chi connectivity index (χ4v) is 7.18. The number of nitrogens with zero attached hydrogens (tertiary/aromatic N) is 3. The number of pyridine rings is 1. The zero-order valence-electron chi connectivity index (χ0n) is 23.0. The van der Waals surface area contributed by atoms with Crippen molar-refractivity contribution in [2.45, 2.75) is 19.3 Å². The lowest BCUT2D eigenvalue weighted by Gasteiger charge is -2.33. The lowest BCUT2D eigenvalue weighted by Crippen LogP contribution is -2.27. The first-order valence-electron chi connectivity index (χ1n) is 14.2. The van der Waals surface area contributed by atoms with Crippen LogP contribution in [0.2, 0.25) is 0 Å². The van der Waals surface area contributed by atoms with Crippen LogP contribution in [0.3, 0.4) is 0 Å². The van der Waals surface area contributed by atoms with Crippen LogP contribution in [0, 0.1) is 0 Å². The van der Waals surface area contributed by atoms with Gasteiger partial charge in [0.05, 0.1) is 33.4 Å². The van der Waals surface area contributed by atoms with Gasteiger partial charge < -0.3 is 9.13 Å². The molecule has 0 fully saturated rings.